The summed E-state index contributed by atoms with van der Waals surface area (Å²) in [5.74, 6) is 0.844. The molecule has 0 atom stereocenters. The molecule has 0 bridgehead atoms. The number of rotatable bonds is 1. The van der Waals surface area contributed by atoms with Crippen LogP contribution in [-0.4, -0.2) is 14.8 Å². The van der Waals surface area contributed by atoms with Crippen LogP contribution in [0.1, 0.15) is 32.2 Å². The van der Waals surface area contributed by atoms with Crippen LogP contribution >= 0.6 is 27.5 Å². The Balaban J connectivity index is 2.67. The molecule has 2 aromatic rings. The molecule has 3 nitrogen and oxygen atoms in total. The molecule has 18 heavy (non-hydrogen) atoms. The van der Waals surface area contributed by atoms with Crippen LogP contribution < -0.4 is 0 Å². The molecular formula is C13H15BrClN3. The van der Waals surface area contributed by atoms with Crippen molar-refractivity contribution in [1.29, 1.82) is 0 Å². The minimum Gasteiger partial charge on any atom is -0.268 e. The van der Waals surface area contributed by atoms with Crippen molar-refractivity contribution >= 4 is 27.5 Å². The van der Waals surface area contributed by atoms with Crippen LogP contribution in [0.25, 0.3) is 5.69 Å². The summed E-state index contributed by atoms with van der Waals surface area (Å²) in [6.45, 7) is 8.32. The number of hydrogen-bond donors (Lipinski definition) is 0. The summed E-state index contributed by atoms with van der Waals surface area (Å²) in [6.07, 6.45) is 0. The minimum atomic E-state index is -0.121. The first kappa shape index (κ1) is 13.6. The van der Waals surface area contributed by atoms with Crippen molar-refractivity contribution in [1.82, 2.24) is 14.8 Å². The molecule has 0 N–H and O–H groups in total. The first-order chi connectivity index (χ1) is 8.30. The van der Waals surface area contributed by atoms with Crippen molar-refractivity contribution < 1.29 is 0 Å². The number of aromatic nitrogens is 3. The molecule has 0 radical (unpaired) electrons. The predicted molar refractivity (Wildman–Crippen MR) is 77.5 cm³/mol. The van der Waals surface area contributed by atoms with E-state index in [0.29, 0.717) is 5.28 Å². The van der Waals surface area contributed by atoms with Crippen LogP contribution in [0.3, 0.4) is 0 Å². The van der Waals surface area contributed by atoms with E-state index in [2.05, 4.69) is 53.0 Å². The fraction of sp³-hybridized carbons (Fsp3) is 0.385. The molecule has 0 aliphatic heterocycles. The summed E-state index contributed by atoms with van der Waals surface area (Å²) in [4.78, 5) is 0. The van der Waals surface area contributed by atoms with Gasteiger partial charge in [-0.1, -0.05) is 26.8 Å². The average Bonchev–Trinajstić information content (AvgIpc) is 2.60. The van der Waals surface area contributed by atoms with Gasteiger partial charge in [-0.2, -0.15) is 0 Å². The van der Waals surface area contributed by atoms with Gasteiger partial charge in [-0.15, -0.1) is 10.2 Å². The van der Waals surface area contributed by atoms with Gasteiger partial charge in [0.15, 0.2) is 0 Å². The molecule has 1 aromatic heterocycles. The Kier molecular flexibility index (Phi) is 3.52. The van der Waals surface area contributed by atoms with Crippen molar-refractivity contribution in [3.05, 3.63) is 39.3 Å². The molecular weight excluding hydrogens is 314 g/mol. The molecule has 0 fully saturated rings. The van der Waals surface area contributed by atoms with Crippen molar-refractivity contribution in [2.75, 3.05) is 0 Å². The number of nitrogens with zero attached hydrogens (tertiary/aromatic N) is 3. The van der Waals surface area contributed by atoms with Gasteiger partial charge in [-0.25, -0.2) is 0 Å². The average molecular weight is 329 g/mol. The number of hydrogen-bond acceptors (Lipinski definition) is 2. The molecule has 0 saturated carbocycles. The summed E-state index contributed by atoms with van der Waals surface area (Å²) in [5, 5.41) is 8.55. The second-order valence-corrected chi connectivity index (χ2v) is 6.53. The van der Waals surface area contributed by atoms with Gasteiger partial charge in [-0.3, -0.25) is 4.57 Å². The molecule has 0 unspecified atom stereocenters. The summed E-state index contributed by atoms with van der Waals surface area (Å²) in [6, 6.07) is 6.12. The van der Waals surface area contributed by atoms with Crippen LogP contribution in [0.4, 0.5) is 0 Å². The van der Waals surface area contributed by atoms with Gasteiger partial charge in [0.25, 0.3) is 0 Å². The minimum absolute atomic E-state index is 0.121. The lowest BCUT2D eigenvalue weighted by Gasteiger charge is -2.19. The molecule has 5 heteroatoms. The third kappa shape index (κ3) is 2.45. The highest BCUT2D eigenvalue weighted by Gasteiger charge is 2.25. The van der Waals surface area contributed by atoms with Gasteiger partial charge in [0, 0.05) is 9.89 Å². The Morgan fingerprint density at radius 3 is 2.44 bits per heavy atom. The zero-order valence-corrected chi connectivity index (χ0v) is 13.2. The van der Waals surface area contributed by atoms with Crippen LogP contribution in [0.2, 0.25) is 5.28 Å². The van der Waals surface area contributed by atoms with Gasteiger partial charge in [0.05, 0.1) is 5.69 Å². The van der Waals surface area contributed by atoms with E-state index in [0.717, 1.165) is 16.0 Å². The van der Waals surface area contributed by atoms with Crippen molar-refractivity contribution in [2.24, 2.45) is 0 Å². The predicted octanol–water partition coefficient (Wildman–Crippen LogP) is 4.29. The monoisotopic (exact) mass is 327 g/mol. The van der Waals surface area contributed by atoms with Crippen LogP contribution in [0.15, 0.2) is 22.7 Å². The van der Waals surface area contributed by atoms with Crippen LogP contribution in [0.5, 0.6) is 0 Å². The highest BCUT2D eigenvalue weighted by Crippen LogP contribution is 2.30. The lowest BCUT2D eigenvalue weighted by atomic mass is 9.95. The van der Waals surface area contributed by atoms with Gasteiger partial charge in [0.2, 0.25) is 5.28 Å². The zero-order chi connectivity index (χ0) is 13.5. The SMILES string of the molecule is Cc1ccc(-n2c(Cl)nnc2C(C)(C)C)c(Br)c1. The third-order valence-electron chi connectivity index (χ3n) is 2.64. The third-order valence-corrected chi connectivity index (χ3v) is 3.52. The number of benzene rings is 1. The molecule has 0 aliphatic carbocycles. The van der Waals surface area contributed by atoms with Crippen molar-refractivity contribution in [3.63, 3.8) is 0 Å². The zero-order valence-electron chi connectivity index (χ0n) is 10.8. The highest BCUT2D eigenvalue weighted by atomic mass is 79.9. The van der Waals surface area contributed by atoms with E-state index < -0.39 is 0 Å². The fourth-order valence-corrected chi connectivity index (χ4v) is 2.64. The first-order valence-corrected chi connectivity index (χ1v) is 6.85. The Morgan fingerprint density at radius 1 is 1.22 bits per heavy atom. The molecule has 0 aliphatic rings. The van der Waals surface area contributed by atoms with E-state index in [4.69, 9.17) is 11.6 Å². The molecule has 0 spiro atoms. The number of halogens is 2. The molecule has 96 valence electrons. The Morgan fingerprint density at radius 2 is 1.89 bits per heavy atom. The van der Waals surface area contributed by atoms with Gasteiger partial charge in [-0.05, 0) is 52.2 Å². The summed E-state index contributed by atoms with van der Waals surface area (Å²) >= 11 is 9.73. The van der Waals surface area contributed by atoms with Gasteiger partial charge >= 0.3 is 0 Å². The van der Waals surface area contributed by atoms with E-state index in [9.17, 15) is 0 Å². The quantitative estimate of drug-likeness (QED) is 0.782. The van der Waals surface area contributed by atoms with E-state index in [1.807, 2.05) is 23.6 Å². The maximum atomic E-state index is 6.17. The summed E-state index contributed by atoms with van der Waals surface area (Å²) in [7, 11) is 0. The standard InChI is InChI=1S/C13H15BrClN3/c1-8-5-6-10(9(14)7-8)18-11(13(2,3)4)16-17-12(18)15/h5-7H,1-4H3. The lowest BCUT2D eigenvalue weighted by molar-refractivity contribution is 0.533. The van der Waals surface area contributed by atoms with Crippen molar-refractivity contribution in [2.45, 2.75) is 33.1 Å². The van der Waals surface area contributed by atoms with Crippen LogP contribution in [-0.2, 0) is 5.41 Å². The van der Waals surface area contributed by atoms with E-state index in [1.165, 1.54) is 5.56 Å². The second kappa shape index (κ2) is 4.67. The topological polar surface area (TPSA) is 30.7 Å². The maximum Gasteiger partial charge on any atom is 0.229 e. The van der Waals surface area contributed by atoms with Crippen LogP contribution in [0, 0.1) is 6.92 Å². The molecule has 1 aromatic carbocycles. The summed E-state index contributed by atoms with van der Waals surface area (Å²) < 4.78 is 2.86. The molecule has 0 saturated heterocycles. The van der Waals surface area contributed by atoms with E-state index in [-0.39, 0.29) is 5.41 Å². The second-order valence-electron chi connectivity index (χ2n) is 5.33. The first-order valence-electron chi connectivity index (χ1n) is 5.68. The molecule has 1 heterocycles. The van der Waals surface area contributed by atoms with E-state index >= 15 is 0 Å². The van der Waals surface area contributed by atoms with Gasteiger partial charge in [0.1, 0.15) is 5.82 Å². The van der Waals surface area contributed by atoms with Crippen molar-refractivity contribution in [3.8, 4) is 5.69 Å². The van der Waals surface area contributed by atoms with Gasteiger partial charge < -0.3 is 0 Å². The number of aryl methyl sites for hydroxylation is 1. The summed E-state index contributed by atoms with van der Waals surface area (Å²) in [5.41, 5.74) is 2.03. The maximum absolute atomic E-state index is 6.17. The Bertz CT molecular complexity index is 584. The van der Waals surface area contributed by atoms with E-state index in [1.54, 1.807) is 0 Å². The smallest absolute Gasteiger partial charge is 0.229 e. The Labute approximate surface area is 120 Å². The molecule has 2 rings (SSSR count). The molecule has 0 amide bonds. The Hall–Kier alpha value is -0.870. The fourth-order valence-electron chi connectivity index (χ4n) is 1.76. The lowest BCUT2D eigenvalue weighted by Crippen LogP contribution is -2.18. The normalized spacial score (nSPS) is 11.9. The highest BCUT2D eigenvalue weighted by molar-refractivity contribution is 9.10. The largest absolute Gasteiger partial charge is 0.268 e.